The van der Waals surface area contributed by atoms with Crippen LogP contribution in [-0.4, -0.2) is 89.1 Å². The van der Waals surface area contributed by atoms with E-state index >= 15 is 0 Å². The first-order valence-corrected chi connectivity index (χ1v) is 18.3. The maximum absolute atomic E-state index is 11.5. The number of carboxylic acid groups (broad SMARTS) is 1. The Hall–Kier alpha value is -2.37. The molecule has 2 aliphatic heterocycles. The smallest absolute Gasteiger partial charge is 0.306 e. The molecule has 1 spiro atoms. The van der Waals surface area contributed by atoms with Gasteiger partial charge in [-0.2, -0.15) is 0 Å². The van der Waals surface area contributed by atoms with Gasteiger partial charge < -0.3 is 39.4 Å². The highest BCUT2D eigenvalue weighted by Crippen LogP contribution is 2.47. The Morgan fingerprint density at radius 1 is 0.860 bits per heavy atom. The van der Waals surface area contributed by atoms with Gasteiger partial charge in [0.2, 0.25) is 0 Å². The zero-order valence-corrected chi connectivity index (χ0v) is 32.0. The van der Waals surface area contributed by atoms with Crippen molar-refractivity contribution in [3.05, 3.63) is 72.4 Å². The van der Waals surface area contributed by atoms with Gasteiger partial charge in [-0.1, -0.05) is 114 Å². The van der Waals surface area contributed by atoms with Crippen LogP contribution >= 0.6 is 0 Å². The zero-order valence-electron chi connectivity index (χ0n) is 32.0. The third kappa shape index (κ3) is 12.4. The molecule has 0 aromatic carbocycles. The molecule has 9 nitrogen and oxygen atoms in total. The maximum atomic E-state index is 11.5. The first kappa shape index (κ1) is 43.8. The van der Waals surface area contributed by atoms with Crippen molar-refractivity contribution >= 4 is 5.97 Å². The number of aliphatic carboxylic acids is 1. The molecule has 284 valence electrons. The molecule has 2 heterocycles. The highest BCUT2D eigenvalue weighted by atomic mass is 16.7. The number of carboxylic acids is 1. The number of allylic oxidation sites excluding steroid dienone is 10. The summed E-state index contributed by atoms with van der Waals surface area (Å²) >= 11 is 0. The average Bonchev–Trinajstić information content (AvgIpc) is 3.09. The molecule has 0 saturated carbocycles. The molecule has 0 unspecified atom stereocenters. The van der Waals surface area contributed by atoms with Gasteiger partial charge in [0.05, 0.1) is 43.0 Å². The molecule has 4 N–H and O–H groups in total. The molecule has 2 fully saturated rings. The van der Waals surface area contributed by atoms with Crippen LogP contribution in [0.25, 0.3) is 0 Å². The molecule has 0 radical (unpaired) electrons. The minimum absolute atomic E-state index is 0.0174. The van der Waals surface area contributed by atoms with Crippen molar-refractivity contribution in [2.24, 2.45) is 35.5 Å². The SMILES string of the molecule is C/C=C(\C)C[C@@H](C)[C@@H](O)[C@@H](C)[C@H]1O[C@@]2(C[C@@H](OC)[C@@H]1C)O[C@H]([C@@H](C)[C@@H](O)[C@@H](C)\C=C/C=C/C=C\C=C\C=C/[C@H](CC(=O)O)OC)[C@@H](C)C[C@H]2O. The molecule has 14 atom stereocenters. The molecule has 9 heteroatoms. The minimum atomic E-state index is -1.30. The summed E-state index contributed by atoms with van der Waals surface area (Å²) in [4.78, 5) is 10.8. The fourth-order valence-electron chi connectivity index (χ4n) is 7.42. The van der Waals surface area contributed by atoms with E-state index in [0.717, 1.165) is 6.42 Å². The molecule has 2 saturated heterocycles. The predicted molar refractivity (Wildman–Crippen MR) is 198 cm³/mol. The van der Waals surface area contributed by atoms with E-state index in [9.17, 15) is 20.1 Å². The second-order valence-electron chi connectivity index (χ2n) is 14.7. The van der Waals surface area contributed by atoms with Gasteiger partial charge in [0.15, 0.2) is 5.79 Å². The van der Waals surface area contributed by atoms with Crippen molar-refractivity contribution in [2.75, 3.05) is 14.2 Å². The molecule has 0 bridgehead atoms. The topological polar surface area (TPSA) is 135 Å². The molecule has 2 aliphatic rings. The van der Waals surface area contributed by atoms with Crippen LogP contribution in [0.1, 0.15) is 81.1 Å². The van der Waals surface area contributed by atoms with E-state index < -0.39 is 42.3 Å². The number of aliphatic hydroxyl groups excluding tert-OH is 3. The largest absolute Gasteiger partial charge is 0.481 e. The Morgan fingerprint density at radius 3 is 1.94 bits per heavy atom. The summed E-state index contributed by atoms with van der Waals surface area (Å²) in [7, 11) is 3.16. The number of methoxy groups -OCH3 is 2. The van der Waals surface area contributed by atoms with Gasteiger partial charge in [-0.15, -0.1) is 0 Å². The van der Waals surface area contributed by atoms with E-state index in [4.69, 9.17) is 24.1 Å². The van der Waals surface area contributed by atoms with Crippen molar-refractivity contribution in [1.82, 2.24) is 0 Å². The van der Waals surface area contributed by atoms with E-state index in [2.05, 4.69) is 26.8 Å². The molecule has 2 rings (SSSR count). The number of hydrogen-bond acceptors (Lipinski definition) is 8. The summed E-state index contributed by atoms with van der Waals surface area (Å²) in [6, 6.07) is 0. The standard InChI is InChI=1S/C41H66O9/c1-11-26(2)22-28(4)38(46)32(8)40-30(6)34(48-10)25-41(50-40)35(42)23-29(5)39(49-41)31(7)37(45)27(3)20-18-16-14-12-13-15-17-19-21-33(47-9)24-36(43)44/h11-21,27-35,37-40,42,45-46H,22-25H2,1-10H3,(H,43,44)/b13-12-,16-14+,17-15+,20-18-,21-19-,26-11+/t27-,28+,29-,30-,31-,32+,33+,34+,35+,37-,38+,39-,40-,41+/m0/s1. The third-order valence-corrected chi connectivity index (χ3v) is 10.8. The molecule has 0 aromatic heterocycles. The van der Waals surface area contributed by atoms with E-state index in [1.165, 1.54) is 12.7 Å². The molecular formula is C41H66O9. The van der Waals surface area contributed by atoms with E-state index in [1.807, 2.05) is 77.2 Å². The Morgan fingerprint density at radius 2 is 1.40 bits per heavy atom. The van der Waals surface area contributed by atoms with Crippen LogP contribution in [0.15, 0.2) is 72.4 Å². The Bertz CT molecular complexity index is 1200. The van der Waals surface area contributed by atoms with Crippen molar-refractivity contribution in [3.63, 3.8) is 0 Å². The summed E-state index contributed by atoms with van der Waals surface area (Å²) in [5.74, 6) is -2.87. The first-order valence-electron chi connectivity index (χ1n) is 18.3. The number of aliphatic hydroxyl groups is 3. The second kappa shape index (κ2) is 21.2. The summed E-state index contributed by atoms with van der Waals surface area (Å²) in [6.07, 6.45) is 18.4. The molecular weight excluding hydrogens is 636 g/mol. The van der Waals surface area contributed by atoms with Crippen molar-refractivity contribution in [3.8, 4) is 0 Å². The Labute approximate surface area is 301 Å². The highest BCUT2D eigenvalue weighted by molar-refractivity contribution is 5.67. The summed E-state index contributed by atoms with van der Waals surface area (Å²) in [5, 5.41) is 43.3. The van der Waals surface area contributed by atoms with Crippen LogP contribution in [0, 0.1) is 35.5 Å². The number of rotatable bonds is 18. The lowest BCUT2D eigenvalue weighted by atomic mass is 9.74. The van der Waals surface area contributed by atoms with Crippen molar-refractivity contribution in [1.29, 1.82) is 0 Å². The van der Waals surface area contributed by atoms with E-state index in [1.54, 1.807) is 25.3 Å². The fourth-order valence-corrected chi connectivity index (χ4v) is 7.42. The van der Waals surface area contributed by atoms with Crippen LogP contribution in [0.2, 0.25) is 0 Å². The zero-order chi connectivity index (χ0) is 37.6. The van der Waals surface area contributed by atoms with Gasteiger partial charge in [0.1, 0.15) is 6.10 Å². The van der Waals surface area contributed by atoms with E-state index in [0.29, 0.717) is 12.8 Å². The first-order chi connectivity index (χ1) is 23.6. The molecule has 0 aliphatic carbocycles. The lowest BCUT2D eigenvalue weighted by molar-refractivity contribution is -0.391. The maximum Gasteiger partial charge on any atom is 0.306 e. The lowest BCUT2D eigenvalue weighted by Crippen LogP contribution is -2.65. The fraction of sp³-hybridized carbons (Fsp3) is 0.683. The number of ether oxygens (including phenoxy) is 4. The predicted octanol–water partition coefficient (Wildman–Crippen LogP) is 6.80. The van der Waals surface area contributed by atoms with Gasteiger partial charge in [-0.25, -0.2) is 0 Å². The summed E-state index contributed by atoms with van der Waals surface area (Å²) in [6.45, 7) is 16.2. The van der Waals surface area contributed by atoms with Crippen LogP contribution in [0.4, 0.5) is 0 Å². The van der Waals surface area contributed by atoms with Crippen molar-refractivity contribution in [2.45, 2.75) is 130 Å². The van der Waals surface area contributed by atoms with Gasteiger partial charge >= 0.3 is 5.97 Å². The monoisotopic (exact) mass is 702 g/mol. The van der Waals surface area contributed by atoms with Gasteiger partial charge in [0, 0.05) is 44.3 Å². The average molecular weight is 703 g/mol. The van der Waals surface area contributed by atoms with Crippen LogP contribution in [0.3, 0.4) is 0 Å². The Kier molecular flexibility index (Phi) is 18.6. The highest BCUT2D eigenvalue weighted by Gasteiger charge is 2.57. The van der Waals surface area contributed by atoms with Gasteiger partial charge in [0.25, 0.3) is 0 Å². The van der Waals surface area contributed by atoms with Crippen LogP contribution in [-0.2, 0) is 23.7 Å². The van der Waals surface area contributed by atoms with Crippen LogP contribution < -0.4 is 0 Å². The quantitative estimate of drug-likeness (QED) is 0.0899. The summed E-state index contributed by atoms with van der Waals surface area (Å²) < 4.78 is 24.6. The number of carbonyl (C=O) groups is 1. The third-order valence-electron chi connectivity index (χ3n) is 10.8. The lowest BCUT2D eigenvalue weighted by Gasteiger charge is -2.56. The van der Waals surface area contributed by atoms with Gasteiger partial charge in [-0.05, 0) is 38.5 Å². The minimum Gasteiger partial charge on any atom is -0.481 e. The van der Waals surface area contributed by atoms with Crippen LogP contribution in [0.5, 0.6) is 0 Å². The van der Waals surface area contributed by atoms with Crippen molar-refractivity contribution < 1.29 is 44.2 Å². The number of hydrogen-bond donors (Lipinski definition) is 4. The van der Waals surface area contributed by atoms with E-state index in [-0.39, 0.29) is 54.1 Å². The molecule has 0 amide bonds. The molecule has 0 aromatic rings. The van der Waals surface area contributed by atoms with Gasteiger partial charge in [-0.3, -0.25) is 4.79 Å². The molecule has 50 heavy (non-hydrogen) atoms. The summed E-state index contributed by atoms with van der Waals surface area (Å²) in [5.41, 5.74) is 1.23. The Balaban J connectivity index is 2.10. The normalized spacial score (nSPS) is 32.7. The second-order valence-corrected chi connectivity index (χ2v) is 14.7.